The van der Waals surface area contributed by atoms with Crippen molar-refractivity contribution in [3.63, 3.8) is 0 Å². The van der Waals surface area contributed by atoms with Gasteiger partial charge < -0.3 is 10.0 Å². The number of hydrogen-bond donors (Lipinski definition) is 3. The van der Waals surface area contributed by atoms with Crippen molar-refractivity contribution in [2.24, 2.45) is 5.92 Å². The maximum absolute atomic E-state index is 13.5. The minimum atomic E-state index is -3.75. The third-order valence-electron chi connectivity index (χ3n) is 6.58. The van der Waals surface area contributed by atoms with E-state index in [2.05, 4.69) is 10.0 Å². The van der Waals surface area contributed by atoms with Crippen LogP contribution in [0.4, 0.5) is 4.39 Å². The number of carbonyl (C=O) groups is 1. The van der Waals surface area contributed by atoms with Crippen LogP contribution in [0.15, 0.2) is 59.5 Å². The van der Waals surface area contributed by atoms with Crippen molar-refractivity contribution < 1.29 is 22.7 Å². The first-order valence-electron chi connectivity index (χ1n) is 11.3. The zero-order valence-corrected chi connectivity index (χ0v) is 19.3. The molecule has 1 saturated heterocycles. The lowest BCUT2D eigenvalue weighted by Gasteiger charge is -2.45. The van der Waals surface area contributed by atoms with Crippen LogP contribution in [0.5, 0.6) is 0 Å². The number of nitrogens with one attached hydrogen (secondary N) is 2. The van der Waals surface area contributed by atoms with Crippen molar-refractivity contribution in [2.45, 2.75) is 61.9 Å². The molecule has 4 rings (SSSR count). The summed E-state index contributed by atoms with van der Waals surface area (Å²) in [4.78, 5) is 15.3. The second-order valence-electron chi connectivity index (χ2n) is 8.94. The Balaban J connectivity index is 1.41. The summed E-state index contributed by atoms with van der Waals surface area (Å²) >= 11 is 0. The van der Waals surface area contributed by atoms with Crippen LogP contribution < -0.4 is 10.0 Å². The summed E-state index contributed by atoms with van der Waals surface area (Å²) < 4.78 is 41.0. The molecule has 2 fully saturated rings. The van der Waals surface area contributed by atoms with Crippen molar-refractivity contribution in [3.8, 4) is 0 Å². The fourth-order valence-corrected chi connectivity index (χ4v) is 6.26. The van der Waals surface area contributed by atoms with Gasteiger partial charge in [0.15, 0.2) is 0 Å². The SMILES string of the molecule is CC1NC(O)CN(C(=O)C2CCC(NS(=O)(=O)c3ccc(F)cc3)CC2)C1c1ccccc1. The molecule has 1 saturated carbocycles. The molecule has 2 aromatic carbocycles. The molecule has 33 heavy (non-hydrogen) atoms. The summed E-state index contributed by atoms with van der Waals surface area (Å²) in [6.07, 6.45) is 1.41. The Bertz CT molecular complexity index is 1060. The molecule has 0 bridgehead atoms. The Morgan fingerprint density at radius 1 is 1.06 bits per heavy atom. The fourth-order valence-electron chi connectivity index (χ4n) is 4.96. The first kappa shape index (κ1) is 23.8. The third-order valence-corrected chi connectivity index (χ3v) is 8.12. The zero-order chi connectivity index (χ0) is 23.6. The van der Waals surface area contributed by atoms with Gasteiger partial charge in [-0.05, 0) is 62.4 Å². The second-order valence-corrected chi connectivity index (χ2v) is 10.7. The molecule has 0 radical (unpaired) electrons. The van der Waals surface area contributed by atoms with E-state index in [1.165, 1.54) is 12.1 Å². The lowest BCUT2D eigenvalue weighted by molar-refractivity contribution is -0.145. The highest BCUT2D eigenvalue weighted by Crippen LogP contribution is 2.33. The molecule has 2 aliphatic rings. The number of amides is 1. The Kier molecular flexibility index (Phi) is 7.13. The monoisotopic (exact) mass is 475 g/mol. The number of rotatable bonds is 5. The Morgan fingerprint density at radius 2 is 1.70 bits per heavy atom. The number of nitrogens with zero attached hydrogens (tertiary/aromatic N) is 1. The first-order valence-corrected chi connectivity index (χ1v) is 12.8. The summed E-state index contributed by atoms with van der Waals surface area (Å²) in [6, 6.07) is 13.9. The number of carbonyl (C=O) groups excluding carboxylic acids is 1. The molecule has 3 N–H and O–H groups in total. The molecule has 1 amide bonds. The predicted molar refractivity (Wildman–Crippen MR) is 122 cm³/mol. The first-order chi connectivity index (χ1) is 15.7. The van der Waals surface area contributed by atoms with E-state index in [0.717, 1.165) is 17.7 Å². The molecule has 1 aliphatic carbocycles. The van der Waals surface area contributed by atoms with Crippen LogP contribution in [-0.2, 0) is 14.8 Å². The topological polar surface area (TPSA) is 98.7 Å². The van der Waals surface area contributed by atoms with Crippen molar-refractivity contribution in [1.82, 2.24) is 14.9 Å². The van der Waals surface area contributed by atoms with E-state index in [0.29, 0.717) is 25.7 Å². The van der Waals surface area contributed by atoms with Crippen molar-refractivity contribution in [1.29, 1.82) is 0 Å². The van der Waals surface area contributed by atoms with Gasteiger partial charge in [-0.3, -0.25) is 10.1 Å². The normalized spacial score (nSPS) is 28.5. The zero-order valence-electron chi connectivity index (χ0n) is 18.5. The molecule has 9 heteroatoms. The molecule has 178 valence electrons. The van der Waals surface area contributed by atoms with Crippen LogP contribution in [0.2, 0.25) is 0 Å². The van der Waals surface area contributed by atoms with Gasteiger partial charge in [-0.1, -0.05) is 30.3 Å². The highest BCUT2D eigenvalue weighted by Gasteiger charge is 2.40. The number of sulfonamides is 1. The van der Waals surface area contributed by atoms with Gasteiger partial charge in [0.25, 0.3) is 0 Å². The molecule has 3 atom stereocenters. The van der Waals surface area contributed by atoms with Crippen molar-refractivity contribution in [3.05, 3.63) is 66.0 Å². The second kappa shape index (κ2) is 9.89. The lowest BCUT2D eigenvalue weighted by Crippen LogP contribution is -2.59. The summed E-state index contributed by atoms with van der Waals surface area (Å²) in [5.74, 6) is -0.717. The molecular formula is C24H30FN3O4S. The summed E-state index contributed by atoms with van der Waals surface area (Å²) in [5, 5.41) is 13.4. The van der Waals surface area contributed by atoms with Crippen LogP contribution in [0, 0.1) is 11.7 Å². The maximum atomic E-state index is 13.5. The van der Waals surface area contributed by atoms with E-state index in [9.17, 15) is 22.7 Å². The Morgan fingerprint density at radius 3 is 2.33 bits per heavy atom. The summed E-state index contributed by atoms with van der Waals surface area (Å²) in [7, 11) is -3.75. The van der Waals surface area contributed by atoms with Gasteiger partial charge in [0, 0.05) is 18.0 Å². The van der Waals surface area contributed by atoms with Gasteiger partial charge in [-0.2, -0.15) is 0 Å². The molecular weight excluding hydrogens is 445 g/mol. The standard InChI is InChI=1S/C24H30FN3O4S/c1-16-23(17-5-3-2-4-6-17)28(15-22(29)26-16)24(30)18-7-11-20(12-8-18)27-33(31,32)21-13-9-19(25)10-14-21/h2-6,9-10,13-14,16,18,20,22-23,26-27,29H,7-8,11-12,15H2,1H3. The number of piperazine rings is 1. The van der Waals surface area contributed by atoms with Crippen LogP contribution in [-0.4, -0.2) is 49.2 Å². The molecule has 3 unspecified atom stereocenters. The predicted octanol–water partition coefficient (Wildman–Crippen LogP) is 2.54. The van der Waals surface area contributed by atoms with Crippen molar-refractivity contribution in [2.75, 3.05) is 6.54 Å². The minimum Gasteiger partial charge on any atom is -0.377 e. The Labute approximate surface area is 194 Å². The maximum Gasteiger partial charge on any atom is 0.240 e. The van der Waals surface area contributed by atoms with E-state index in [1.54, 1.807) is 4.90 Å². The van der Waals surface area contributed by atoms with E-state index in [4.69, 9.17) is 0 Å². The minimum absolute atomic E-state index is 0.00362. The molecule has 1 heterocycles. The van der Waals surface area contributed by atoms with Gasteiger partial charge in [-0.15, -0.1) is 0 Å². The quantitative estimate of drug-likeness (QED) is 0.617. The fraction of sp³-hybridized carbons (Fsp3) is 0.458. The molecule has 0 spiro atoms. The number of β-amino-alcohol motifs (C(OH)–C–C–N with tert-alkyl or cyclic N) is 1. The molecule has 7 nitrogen and oxygen atoms in total. The van der Waals surface area contributed by atoms with E-state index >= 15 is 0 Å². The van der Waals surface area contributed by atoms with E-state index in [1.807, 2.05) is 37.3 Å². The van der Waals surface area contributed by atoms with Crippen LogP contribution in [0.1, 0.15) is 44.2 Å². The van der Waals surface area contributed by atoms with Gasteiger partial charge in [0.1, 0.15) is 12.0 Å². The average molecular weight is 476 g/mol. The smallest absolute Gasteiger partial charge is 0.240 e. The highest BCUT2D eigenvalue weighted by molar-refractivity contribution is 7.89. The molecule has 1 aliphatic heterocycles. The number of aliphatic hydroxyl groups is 1. The summed E-state index contributed by atoms with van der Waals surface area (Å²) in [6.45, 7) is 2.17. The van der Waals surface area contributed by atoms with Gasteiger partial charge >= 0.3 is 0 Å². The Hall–Kier alpha value is -2.33. The van der Waals surface area contributed by atoms with Crippen LogP contribution in [0.25, 0.3) is 0 Å². The van der Waals surface area contributed by atoms with Crippen LogP contribution in [0.3, 0.4) is 0 Å². The van der Waals surface area contributed by atoms with Crippen molar-refractivity contribution >= 4 is 15.9 Å². The number of benzene rings is 2. The molecule has 2 aromatic rings. The van der Waals surface area contributed by atoms with Gasteiger partial charge in [-0.25, -0.2) is 17.5 Å². The average Bonchev–Trinajstić information content (AvgIpc) is 2.79. The van der Waals surface area contributed by atoms with E-state index in [-0.39, 0.29) is 41.4 Å². The highest BCUT2D eigenvalue weighted by atomic mass is 32.2. The van der Waals surface area contributed by atoms with E-state index < -0.39 is 22.1 Å². The summed E-state index contributed by atoms with van der Waals surface area (Å²) in [5.41, 5.74) is 1.01. The number of halogens is 1. The van der Waals surface area contributed by atoms with Gasteiger partial charge in [0.2, 0.25) is 15.9 Å². The largest absolute Gasteiger partial charge is 0.377 e. The number of hydrogen-bond acceptors (Lipinski definition) is 5. The van der Waals surface area contributed by atoms with Crippen LogP contribution >= 0.6 is 0 Å². The van der Waals surface area contributed by atoms with Gasteiger partial charge in [0.05, 0.1) is 17.5 Å². The number of aliphatic hydroxyl groups excluding tert-OH is 1. The third kappa shape index (κ3) is 5.43. The lowest BCUT2D eigenvalue weighted by atomic mass is 9.84. The molecule has 0 aromatic heterocycles.